The average Bonchev–Trinajstić information content (AvgIpc) is 4.07. The summed E-state index contributed by atoms with van der Waals surface area (Å²) in [5, 5.41) is 10.7. The van der Waals surface area contributed by atoms with Crippen LogP contribution >= 0.6 is 0 Å². The first-order chi connectivity index (χ1) is 29.5. The molecule has 3 saturated carbocycles. The highest BCUT2D eigenvalue weighted by molar-refractivity contribution is 7.91. The van der Waals surface area contributed by atoms with Crippen LogP contribution in [0.1, 0.15) is 83.5 Å². The predicted molar refractivity (Wildman–Crippen MR) is 224 cm³/mol. The number of sulfonamides is 1. The van der Waals surface area contributed by atoms with Crippen LogP contribution in [-0.4, -0.2) is 100 Å². The van der Waals surface area contributed by atoms with E-state index in [1.54, 1.807) is 17.7 Å². The first-order valence-corrected chi connectivity index (χ1v) is 23.0. The summed E-state index contributed by atoms with van der Waals surface area (Å²) in [7, 11) is -2.33. The normalized spacial score (nSPS) is 26.1. The summed E-state index contributed by atoms with van der Waals surface area (Å²) in [5.74, 6) is -1.39. The van der Waals surface area contributed by atoms with Gasteiger partial charge in [0.15, 0.2) is 5.65 Å². The number of carbonyl (C=O) groups excluding carboxylic acids is 4. The Morgan fingerprint density at radius 2 is 1.72 bits per heavy atom. The van der Waals surface area contributed by atoms with Crippen molar-refractivity contribution >= 4 is 50.4 Å². The van der Waals surface area contributed by atoms with Gasteiger partial charge in [0.1, 0.15) is 35.6 Å². The van der Waals surface area contributed by atoms with Crippen LogP contribution in [0.5, 0.6) is 11.6 Å². The second kappa shape index (κ2) is 16.6. The monoisotopic (exact) mass is 853 g/mol. The summed E-state index contributed by atoms with van der Waals surface area (Å²) in [6, 6.07) is 14.7. The minimum absolute atomic E-state index is 0.0223. The second-order valence-corrected chi connectivity index (χ2v) is 18.9. The van der Waals surface area contributed by atoms with Crippen LogP contribution < -0.4 is 24.8 Å². The molecular formula is C44H51N7O9S. The molecule has 17 heteroatoms. The highest BCUT2D eigenvalue weighted by atomic mass is 32.2. The molecular weight excluding hydrogens is 803 g/mol. The summed E-state index contributed by atoms with van der Waals surface area (Å²) in [4.78, 5) is 63.0. The van der Waals surface area contributed by atoms with Gasteiger partial charge in [-0.3, -0.25) is 19.1 Å². The predicted octanol–water partition coefficient (Wildman–Crippen LogP) is 4.95. The minimum atomic E-state index is -3.92. The van der Waals surface area contributed by atoms with Crippen LogP contribution in [-0.2, 0) is 29.1 Å². The van der Waals surface area contributed by atoms with Gasteiger partial charge in [0.25, 0.3) is 5.91 Å². The van der Waals surface area contributed by atoms with E-state index in [1.165, 1.54) is 4.90 Å². The van der Waals surface area contributed by atoms with Crippen LogP contribution in [0, 0.1) is 5.92 Å². The number of carbonyl (C=O) groups is 4. The van der Waals surface area contributed by atoms with Gasteiger partial charge in [-0.15, -0.1) is 0 Å². The molecule has 4 amide bonds. The third-order valence-corrected chi connectivity index (χ3v) is 14.4. The molecule has 2 aliphatic heterocycles. The van der Waals surface area contributed by atoms with E-state index in [1.807, 2.05) is 60.7 Å². The van der Waals surface area contributed by atoms with Crippen LogP contribution in [0.2, 0.25) is 0 Å². The summed E-state index contributed by atoms with van der Waals surface area (Å²) in [5.41, 5.74) is 1.08. The van der Waals surface area contributed by atoms with E-state index < -0.39 is 68.7 Å². The molecule has 3 aliphatic carbocycles. The molecule has 3 N–H and O–H groups in total. The van der Waals surface area contributed by atoms with E-state index in [4.69, 9.17) is 24.3 Å². The van der Waals surface area contributed by atoms with Gasteiger partial charge in [0, 0.05) is 24.0 Å². The third-order valence-electron chi connectivity index (χ3n) is 12.6. The number of benzene rings is 2. The van der Waals surface area contributed by atoms with Crippen LogP contribution in [0.25, 0.3) is 27.8 Å². The van der Waals surface area contributed by atoms with Crippen molar-refractivity contribution in [2.45, 2.75) is 119 Å². The van der Waals surface area contributed by atoms with Gasteiger partial charge in [-0.05, 0) is 82.4 Å². The second-order valence-electron chi connectivity index (χ2n) is 17.0. The Morgan fingerprint density at radius 1 is 0.934 bits per heavy atom. The van der Waals surface area contributed by atoms with Gasteiger partial charge >= 0.3 is 6.09 Å². The van der Waals surface area contributed by atoms with E-state index in [2.05, 4.69) is 15.4 Å². The molecule has 2 aromatic heterocycles. The third kappa shape index (κ3) is 8.48. The number of allylic oxidation sites excluding steroid dienone is 1. The number of nitrogens with zero attached hydrogens (tertiary/aromatic N) is 4. The Kier molecular flexibility index (Phi) is 11.1. The quantitative estimate of drug-likeness (QED) is 0.193. The molecule has 322 valence electrons. The Morgan fingerprint density at radius 3 is 2.49 bits per heavy atom. The fraction of sp³-hybridized carbons (Fsp3) is 0.500. The van der Waals surface area contributed by atoms with Crippen LogP contribution in [0.15, 0.2) is 66.7 Å². The van der Waals surface area contributed by atoms with Crippen molar-refractivity contribution in [3.8, 4) is 22.9 Å². The first kappa shape index (κ1) is 40.7. The maximum atomic E-state index is 14.8. The number of rotatable bonds is 9. The Hall–Kier alpha value is -5.71. The van der Waals surface area contributed by atoms with Gasteiger partial charge in [0.05, 0.1) is 35.5 Å². The topological polar surface area (TPSA) is 200 Å². The highest BCUT2D eigenvalue weighted by Gasteiger charge is 2.62. The maximum Gasteiger partial charge on any atom is 0.408 e. The number of hydrogen-bond donors (Lipinski definition) is 3. The summed E-state index contributed by atoms with van der Waals surface area (Å²) in [6.45, 7) is -0.0372. The molecule has 16 nitrogen and oxygen atoms in total. The van der Waals surface area contributed by atoms with Crippen LogP contribution in [0.3, 0.4) is 0 Å². The van der Waals surface area contributed by atoms with Gasteiger partial charge in [0.2, 0.25) is 27.7 Å². The van der Waals surface area contributed by atoms with E-state index in [9.17, 15) is 27.6 Å². The van der Waals surface area contributed by atoms with Crippen molar-refractivity contribution in [2.75, 3.05) is 13.7 Å². The van der Waals surface area contributed by atoms with E-state index in [0.29, 0.717) is 60.6 Å². The molecule has 4 fully saturated rings. The molecule has 4 heterocycles. The summed E-state index contributed by atoms with van der Waals surface area (Å²) >= 11 is 0. The van der Waals surface area contributed by atoms with Gasteiger partial charge < -0.3 is 29.7 Å². The molecule has 0 spiro atoms. The molecule has 1 saturated heterocycles. The van der Waals surface area contributed by atoms with Crippen LogP contribution in [0.4, 0.5) is 4.79 Å². The number of aromatic nitrogens is 3. The largest absolute Gasteiger partial charge is 0.497 e. The van der Waals surface area contributed by atoms with Crippen molar-refractivity contribution in [3.63, 3.8) is 0 Å². The lowest BCUT2D eigenvalue weighted by atomic mass is 10.0. The number of hydrogen-bond acceptors (Lipinski definition) is 11. The molecule has 5 atom stereocenters. The summed E-state index contributed by atoms with van der Waals surface area (Å²) in [6.07, 6.45) is 10.00. The number of methoxy groups -OCH3 is 1. The van der Waals surface area contributed by atoms with Gasteiger partial charge in [-0.1, -0.05) is 55.3 Å². The number of amides is 4. The van der Waals surface area contributed by atoms with Gasteiger partial charge in [-0.25, -0.2) is 18.2 Å². The first-order valence-electron chi connectivity index (χ1n) is 21.4. The molecule has 5 aliphatic rings. The molecule has 4 aromatic rings. The Labute approximate surface area is 353 Å². The molecule has 9 rings (SSSR count). The lowest BCUT2D eigenvalue weighted by molar-refractivity contribution is -0.141. The van der Waals surface area contributed by atoms with Crippen molar-refractivity contribution in [1.82, 2.24) is 34.9 Å². The lowest BCUT2D eigenvalue weighted by Gasteiger charge is -2.30. The minimum Gasteiger partial charge on any atom is -0.497 e. The molecule has 0 bridgehead atoms. The van der Waals surface area contributed by atoms with Crippen molar-refractivity contribution in [1.29, 1.82) is 0 Å². The zero-order valence-electron chi connectivity index (χ0n) is 34.1. The van der Waals surface area contributed by atoms with E-state index in [0.717, 1.165) is 49.5 Å². The fourth-order valence-corrected chi connectivity index (χ4v) is 10.3. The molecule has 0 radical (unpaired) electrons. The lowest BCUT2D eigenvalue weighted by Crippen LogP contribution is -2.58. The number of nitrogens with one attached hydrogen (secondary N) is 3. The fourth-order valence-electron chi connectivity index (χ4n) is 8.96. The van der Waals surface area contributed by atoms with Crippen molar-refractivity contribution < 1.29 is 41.8 Å². The van der Waals surface area contributed by atoms with Gasteiger partial charge in [-0.2, -0.15) is 9.61 Å². The smallest absolute Gasteiger partial charge is 0.408 e. The zero-order chi connectivity index (χ0) is 42.3. The van der Waals surface area contributed by atoms with Crippen molar-refractivity contribution in [3.05, 3.63) is 66.7 Å². The Bertz CT molecular complexity index is 2480. The van der Waals surface area contributed by atoms with Crippen molar-refractivity contribution in [2.24, 2.45) is 5.92 Å². The SMILES string of the molecule is COc1ccc2nn3c(O[C@@H]4C[C@H]5C(=O)N[C@]6(C(=O)NS(=O)(=O)C7CC7)C[C@H]6C=CCCCCC[C@H](NC(=O)OC6CCCC6)C(=O)N5C4)cc(-c4ccccc4)nc3c2c1. The zero-order valence-corrected chi connectivity index (χ0v) is 34.9. The molecule has 61 heavy (non-hydrogen) atoms. The summed E-state index contributed by atoms with van der Waals surface area (Å²) < 4.78 is 47.8. The van der Waals surface area contributed by atoms with E-state index >= 15 is 0 Å². The van der Waals surface area contributed by atoms with E-state index in [-0.39, 0.29) is 25.5 Å². The number of alkyl carbamates (subject to hydrolysis) is 1. The Balaban J connectivity index is 1.06. The number of ether oxygens (including phenoxy) is 3. The average molecular weight is 854 g/mol. The molecule has 0 unspecified atom stereocenters. The highest BCUT2D eigenvalue weighted by Crippen LogP contribution is 2.46. The molecule has 2 aromatic carbocycles. The standard InChI is InChI=1S/C44H51N7O9S/c1-58-30-18-21-34-33(22-30)39-45-36(27-12-6-5-7-13-27)24-38(51(39)48-34)59-31-23-37-40(52)47-44(42(54)49-61(56,57)32-19-20-32)25-28(44)14-8-3-2-4-9-17-35(41(53)50(37)26-31)46-43(55)60-29-15-10-11-16-29/h5-8,12-14,18,21-22,24,28-29,31-32,35,37H,2-4,9-11,15-17,19-20,23,25-26H2,1H3,(H,46,55)(H,47,52)(H,49,54)/t28-,31-,35+,37+,44-/m1/s1. The maximum absolute atomic E-state index is 14.8. The number of fused-ring (bicyclic) bond motifs is 5.